The molecular weight excluding hydrogens is 256 g/mol. The maximum absolute atomic E-state index is 11.5. The average molecular weight is 270 g/mol. The second kappa shape index (κ2) is 6.36. The molecular formula is C11H14N2O4S. The van der Waals surface area contributed by atoms with Gasteiger partial charge in [0.2, 0.25) is 0 Å². The molecule has 7 heteroatoms. The molecule has 0 aliphatic carbocycles. The summed E-state index contributed by atoms with van der Waals surface area (Å²) < 4.78 is 4.89. The second-order valence-corrected chi connectivity index (χ2v) is 4.75. The number of hydrogen-bond donors (Lipinski definition) is 1. The molecule has 1 rings (SSSR count). The molecule has 1 aromatic carbocycles. The van der Waals surface area contributed by atoms with Crippen LogP contribution in [0.1, 0.15) is 13.8 Å². The van der Waals surface area contributed by atoms with Gasteiger partial charge in [-0.15, -0.1) is 0 Å². The highest BCUT2D eigenvalue weighted by Gasteiger charge is 2.21. The minimum absolute atomic E-state index is 0.0520. The molecule has 0 spiro atoms. The number of nitrogens with zero attached hydrogens (tertiary/aromatic N) is 1. The lowest BCUT2D eigenvalue weighted by molar-refractivity contribution is -0.387. The summed E-state index contributed by atoms with van der Waals surface area (Å²) in [5.74, 6) is -0.642. The Balaban J connectivity index is 2.70. The van der Waals surface area contributed by atoms with Gasteiger partial charge in [-0.05, 0) is 12.0 Å². The third kappa shape index (κ3) is 3.71. The number of hydrogen-bond acceptors (Lipinski definition) is 6. The minimum atomic E-state index is -0.736. The van der Waals surface area contributed by atoms with E-state index in [9.17, 15) is 14.9 Å². The maximum Gasteiger partial charge on any atom is 0.335 e. The van der Waals surface area contributed by atoms with Gasteiger partial charge in [0.1, 0.15) is 23.0 Å². The molecule has 0 aliphatic rings. The van der Waals surface area contributed by atoms with Gasteiger partial charge in [0.05, 0.1) is 4.92 Å². The zero-order chi connectivity index (χ0) is 13.7. The summed E-state index contributed by atoms with van der Waals surface area (Å²) in [6, 6.07) is 5.30. The van der Waals surface area contributed by atoms with Crippen molar-refractivity contribution < 1.29 is 13.9 Å². The standard InChI is InChI=1S/C11H14N2O4S/c1-7(2)10(12)11(14)17-18-9-6-4-3-5-8(9)13(15)16/h3-7,10H,12H2,1-2H3/t10-/m0/s1. The van der Waals surface area contributed by atoms with Crippen molar-refractivity contribution in [2.75, 3.05) is 0 Å². The summed E-state index contributed by atoms with van der Waals surface area (Å²) in [7, 11) is 0. The predicted octanol–water partition coefficient (Wildman–Crippen LogP) is 2.13. The molecule has 0 aromatic heterocycles. The van der Waals surface area contributed by atoms with Crippen LogP contribution in [-0.2, 0) is 8.98 Å². The van der Waals surface area contributed by atoms with Gasteiger partial charge >= 0.3 is 5.97 Å². The van der Waals surface area contributed by atoms with Crippen LogP contribution >= 0.6 is 12.0 Å². The van der Waals surface area contributed by atoms with Crippen LogP contribution in [0, 0.1) is 16.0 Å². The molecule has 0 bridgehead atoms. The fourth-order valence-electron chi connectivity index (χ4n) is 1.09. The van der Waals surface area contributed by atoms with Gasteiger partial charge in [0.25, 0.3) is 5.69 Å². The lowest BCUT2D eigenvalue weighted by Gasteiger charge is -2.12. The number of benzene rings is 1. The summed E-state index contributed by atoms with van der Waals surface area (Å²) in [5.41, 5.74) is 5.50. The van der Waals surface area contributed by atoms with Crippen LogP contribution in [0.3, 0.4) is 0 Å². The molecule has 0 aliphatic heterocycles. The maximum atomic E-state index is 11.5. The smallest absolute Gasteiger partial charge is 0.335 e. The number of carbonyl (C=O) groups is 1. The highest BCUT2D eigenvalue weighted by Crippen LogP contribution is 2.29. The molecule has 0 fully saturated rings. The molecule has 0 amide bonds. The van der Waals surface area contributed by atoms with E-state index in [1.807, 2.05) is 0 Å². The van der Waals surface area contributed by atoms with E-state index in [0.29, 0.717) is 12.0 Å². The molecule has 98 valence electrons. The predicted molar refractivity (Wildman–Crippen MR) is 67.9 cm³/mol. The first-order chi connectivity index (χ1) is 8.43. The fraction of sp³-hybridized carbons (Fsp3) is 0.364. The van der Waals surface area contributed by atoms with Crippen LogP contribution in [0.25, 0.3) is 0 Å². The van der Waals surface area contributed by atoms with Crippen molar-refractivity contribution in [1.29, 1.82) is 0 Å². The number of nitro benzene ring substituents is 1. The van der Waals surface area contributed by atoms with E-state index >= 15 is 0 Å². The van der Waals surface area contributed by atoms with Crippen LogP contribution in [0.5, 0.6) is 0 Å². The molecule has 6 nitrogen and oxygen atoms in total. The quantitative estimate of drug-likeness (QED) is 0.500. The zero-order valence-electron chi connectivity index (χ0n) is 10.0. The molecule has 0 saturated carbocycles. The van der Waals surface area contributed by atoms with E-state index in [1.54, 1.807) is 26.0 Å². The molecule has 0 radical (unpaired) electrons. The van der Waals surface area contributed by atoms with Gasteiger partial charge in [-0.3, -0.25) is 10.1 Å². The van der Waals surface area contributed by atoms with Crippen molar-refractivity contribution in [1.82, 2.24) is 0 Å². The van der Waals surface area contributed by atoms with E-state index in [2.05, 4.69) is 0 Å². The van der Waals surface area contributed by atoms with Crippen molar-refractivity contribution in [3.8, 4) is 0 Å². The van der Waals surface area contributed by atoms with Crippen molar-refractivity contribution in [3.63, 3.8) is 0 Å². The molecule has 2 N–H and O–H groups in total. The van der Waals surface area contributed by atoms with Crippen molar-refractivity contribution in [3.05, 3.63) is 34.4 Å². The van der Waals surface area contributed by atoms with Crippen LogP contribution < -0.4 is 5.73 Å². The monoisotopic (exact) mass is 270 g/mol. The fourth-order valence-corrected chi connectivity index (χ4v) is 1.74. The molecule has 0 saturated heterocycles. The Bertz CT molecular complexity index is 450. The van der Waals surface area contributed by atoms with Gasteiger partial charge < -0.3 is 9.92 Å². The summed E-state index contributed by atoms with van der Waals surface area (Å²) in [4.78, 5) is 22.0. The largest absolute Gasteiger partial charge is 0.385 e. The summed E-state index contributed by atoms with van der Waals surface area (Å²) in [6.45, 7) is 3.59. The highest BCUT2D eigenvalue weighted by atomic mass is 32.2. The second-order valence-electron chi connectivity index (χ2n) is 3.98. The number of carbonyl (C=O) groups excluding carboxylic acids is 1. The summed E-state index contributed by atoms with van der Waals surface area (Å²) >= 11 is 0.658. The third-order valence-corrected chi connectivity index (χ3v) is 3.04. The first-order valence-electron chi connectivity index (χ1n) is 5.31. The van der Waals surface area contributed by atoms with Crippen molar-refractivity contribution >= 4 is 23.7 Å². The Morgan fingerprint density at radius 2 is 2.06 bits per heavy atom. The molecule has 0 unspecified atom stereocenters. The van der Waals surface area contributed by atoms with E-state index in [0.717, 1.165) is 0 Å². The van der Waals surface area contributed by atoms with Crippen LogP contribution in [-0.4, -0.2) is 16.9 Å². The summed E-state index contributed by atoms with van der Waals surface area (Å²) in [6.07, 6.45) is 0. The third-order valence-electron chi connectivity index (χ3n) is 2.27. The lowest BCUT2D eigenvalue weighted by Crippen LogP contribution is -2.35. The first kappa shape index (κ1) is 14.5. The molecule has 1 atom stereocenters. The van der Waals surface area contributed by atoms with E-state index < -0.39 is 16.9 Å². The normalized spacial score (nSPS) is 12.2. The number of rotatable bonds is 5. The SMILES string of the molecule is CC(C)[C@H](N)C(=O)OSc1ccccc1[N+](=O)[O-]. The van der Waals surface area contributed by atoms with Crippen molar-refractivity contribution in [2.24, 2.45) is 11.7 Å². The number of para-hydroxylation sites is 1. The van der Waals surface area contributed by atoms with E-state index in [1.165, 1.54) is 12.1 Å². The Morgan fingerprint density at radius 3 is 2.61 bits per heavy atom. The van der Waals surface area contributed by atoms with Crippen LogP contribution in [0.4, 0.5) is 5.69 Å². The average Bonchev–Trinajstić information content (AvgIpc) is 2.35. The first-order valence-corrected chi connectivity index (χ1v) is 6.05. The Kier molecular flexibility index (Phi) is 5.11. The molecule has 0 heterocycles. The highest BCUT2D eigenvalue weighted by molar-refractivity contribution is 7.95. The number of nitro groups is 1. The summed E-state index contributed by atoms with van der Waals surface area (Å²) in [5, 5.41) is 10.7. The van der Waals surface area contributed by atoms with Gasteiger partial charge in [0.15, 0.2) is 0 Å². The Hall–Kier alpha value is -1.60. The molecule has 18 heavy (non-hydrogen) atoms. The van der Waals surface area contributed by atoms with Gasteiger partial charge in [-0.25, -0.2) is 4.79 Å². The van der Waals surface area contributed by atoms with Gasteiger partial charge in [0, 0.05) is 6.07 Å². The van der Waals surface area contributed by atoms with E-state index in [-0.39, 0.29) is 16.5 Å². The Morgan fingerprint density at radius 1 is 1.44 bits per heavy atom. The van der Waals surface area contributed by atoms with Crippen LogP contribution in [0.2, 0.25) is 0 Å². The van der Waals surface area contributed by atoms with Gasteiger partial charge in [-0.1, -0.05) is 26.0 Å². The van der Waals surface area contributed by atoms with E-state index in [4.69, 9.17) is 9.92 Å². The minimum Gasteiger partial charge on any atom is -0.385 e. The number of nitrogens with two attached hydrogens (primary N) is 1. The van der Waals surface area contributed by atoms with Gasteiger partial charge in [-0.2, -0.15) is 0 Å². The van der Waals surface area contributed by atoms with Crippen LogP contribution in [0.15, 0.2) is 29.2 Å². The zero-order valence-corrected chi connectivity index (χ0v) is 10.8. The van der Waals surface area contributed by atoms with Crippen molar-refractivity contribution in [2.45, 2.75) is 24.8 Å². The topological polar surface area (TPSA) is 95.5 Å². The molecule has 1 aromatic rings. The Labute approximate surface area is 109 Å². The lowest BCUT2D eigenvalue weighted by atomic mass is 10.1.